The van der Waals surface area contributed by atoms with E-state index in [9.17, 15) is 29.4 Å². The fourth-order valence-electron chi connectivity index (χ4n) is 5.18. The molecule has 1 heterocycles. The van der Waals surface area contributed by atoms with E-state index in [0.717, 1.165) is 16.5 Å². The van der Waals surface area contributed by atoms with Crippen molar-refractivity contribution in [3.63, 3.8) is 0 Å². The monoisotopic (exact) mass is 628 g/mol. The minimum atomic E-state index is -1.29. The van der Waals surface area contributed by atoms with Gasteiger partial charge < -0.3 is 42.6 Å². The number of para-hydroxylation sites is 1. The molecule has 0 saturated heterocycles. The number of amides is 3. The van der Waals surface area contributed by atoms with E-state index in [-0.39, 0.29) is 25.0 Å². The van der Waals surface area contributed by atoms with Crippen LogP contribution in [0.3, 0.4) is 0 Å². The largest absolute Gasteiger partial charge is 0.508 e. The number of carbonyl (C=O) groups excluding carboxylic acids is 3. The summed E-state index contributed by atoms with van der Waals surface area (Å²) in [6, 6.07) is 17.7. The van der Waals surface area contributed by atoms with E-state index in [1.165, 1.54) is 12.1 Å². The predicted molar refractivity (Wildman–Crippen MR) is 174 cm³/mol. The van der Waals surface area contributed by atoms with Crippen LogP contribution in [0.2, 0.25) is 0 Å². The molecule has 46 heavy (non-hydrogen) atoms. The summed E-state index contributed by atoms with van der Waals surface area (Å²) in [5.41, 5.74) is 14.7. The second-order valence-corrected chi connectivity index (χ2v) is 11.1. The van der Waals surface area contributed by atoms with Gasteiger partial charge in [0.05, 0.1) is 0 Å². The first-order chi connectivity index (χ1) is 22.2. The maximum atomic E-state index is 13.9. The summed E-state index contributed by atoms with van der Waals surface area (Å²) in [6.45, 7) is 0.373. The number of benzene rings is 3. The van der Waals surface area contributed by atoms with Gasteiger partial charge >= 0.3 is 5.97 Å². The third-order valence-electron chi connectivity index (χ3n) is 7.74. The first kappa shape index (κ1) is 33.7. The number of nitrogens with two attached hydrogens (primary N) is 2. The molecule has 4 atom stereocenters. The molecule has 0 unspecified atom stereocenters. The zero-order chi connectivity index (χ0) is 33.1. The number of hydrogen-bond donors (Lipinski definition) is 8. The lowest BCUT2D eigenvalue weighted by molar-refractivity contribution is -0.142. The normalized spacial score (nSPS) is 13.7. The topological polar surface area (TPSA) is 213 Å². The van der Waals surface area contributed by atoms with Crippen LogP contribution >= 0.6 is 0 Å². The van der Waals surface area contributed by atoms with Crippen molar-refractivity contribution in [1.29, 1.82) is 0 Å². The maximum Gasteiger partial charge on any atom is 0.326 e. The fourth-order valence-corrected chi connectivity index (χ4v) is 5.18. The van der Waals surface area contributed by atoms with Crippen LogP contribution in [0, 0.1) is 0 Å². The molecule has 3 amide bonds. The van der Waals surface area contributed by atoms with Crippen LogP contribution < -0.4 is 27.4 Å². The van der Waals surface area contributed by atoms with Crippen LogP contribution in [0.1, 0.15) is 42.0 Å². The van der Waals surface area contributed by atoms with E-state index in [2.05, 4.69) is 20.9 Å². The SMILES string of the molecule is NCCCC[C@H](NC(=O)[C@@H](Cc1c[nH]c2ccccc12)NC(=O)[C@@H](N)c1ccccc1)C(=O)N[C@@H](Cc1ccc(O)cc1)C(=O)O. The molecular weight excluding hydrogens is 588 g/mol. The van der Waals surface area contributed by atoms with Crippen LogP contribution in [0.25, 0.3) is 10.9 Å². The van der Waals surface area contributed by atoms with Gasteiger partial charge in [0.15, 0.2) is 0 Å². The molecule has 4 aromatic rings. The van der Waals surface area contributed by atoms with Crippen molar-refractivity contribution < 1.29 is 29.4 Å². The van der Waals surface area contributed by atoms with E-state index in [0.29, 0.717) is 30.5 Å². The third-order valence-corrected chi connectivity index (χ3v) is 7.74. The van der Waals surface area contributed by atoms with Crippen LogP contribution in [-0.4, -0.2) is 63.6 Å². The number of aromatic nitrogens is 1. The number of unbranched alkanes of at least 4 members (excludes halogenated alkanes) is 1. The smallest absolute Gasteiger partial charge is 0.326 e. The van der Waals surface area contributed by atoms with Gasteiger partial charge in [-0.05, 0) is 60.7 Å². The van der Waals surface area contributed by atoms with Crippen LogP contribution in [0.5, 0.6) is 5.75 Å². The van der Waals surface area contributed by atoms with Crippen molar-refractivity contribution in [2.45, 2.75) is 56.3 Å². The molecule has 12 heteroatoms. The average Bonchev–Trinajstić information content (AvgIpc) is 3.47. The van der Waals surface area contributed by atoms with Gasteiger partial charge in [-0.15, -0.1) is 0 Å². The summed E-state index contributed by atoms with van der Waals surface area (Å²) < 4.78 is 0. The van der Waals surface area contributed by atoms with Crippen molar-refractivity contribution >= 4 is 34.6 Å². The number of fused-ring (bicyclic) bond motifs is 1. The van der Waals surface area contributed by atoms with Crippen molar-refractivity contribution in [2.24, 2.45) is 11.5 Å². The van der Waals surface area contributed by atoms with Gasteiger partial charge in [0.1, 0.15) is 29.9 Å². The summed E-state index contributed by atoms with van der Waals surface area (Å²) in [6.07, 6.45) is 3.08. The summed E-state index contributed by atoms with van der Waals surface area (Å²) in [4.78, 5) is 55.9. The van der Waals surface area contributed by atoms with Crippen molar-refractivity contribution in [1.82, 2.24) is 20.9 Å². The van der Waals surface area contributed by atoms with Crippen molar-refractivity contribution in [3.8, 4) is 5.75 Å². The molecular formula is C34H40N6O6. The molecule has 0 radical (unpaired) electrons. The molecule has 10 N–H and O–H groups in total. The number of carboxylic acids is 1. The second kappa shape index (κ2) is 16.2. The Morgan fingerprint density at radius 1 is 0.739 bits per heavy atom. The molecule has 3 aromatic carbocycles. The summed E-state index contributed by atoms with van der Waals surface area (Å²) >= 11 is 0. The number of rotatable bonds is 16. The Bertz CT molecular complexity index is 1620. The molecule has 0 aliphatic heterocycles. The molecule has 0 bridgehead atoms. The second-order valence-electron chi connectivity index (χ2n) is 11.1. The van der Waals surface area contributed by atoms with Gasteiger partial charge in [0, 0.05) is 29.9 Å². The van der Waals surface area contributed by atoms with E-state index in [1.54, 1.807) is 48.7 Å². The Hall–Kier alpha value is -5.20. The molecule has 0 fully saturated rings. The van der Waals surface area contributed by atoms with E-state index >= 15 is 0 Å². The van der Waals surface area contributed by atoms with E-state index in [4.69, 9.17) is 11.5 Å². The zero-order valence-electron chi connectivity index (χ0n) is 25.3. The minimum absolute atomic E-state index is 0.0290. The molecule has 0 aliphatic carbocycles. The number of aliphatic carboxylic acids is 1. The molecule has 0 spiro atoms. The summed E-state index contributed by atoms with van der Waals surface area (Å²) in [7, 11) is 0. The number of hydrogen-bond acceptors (Lipinski definition) is 7. The predicted octanol–water partition coefficient (Wildman–Crippen LogP) is 2.03. The van der Waals surface area contributed by atoms with E-state index < -0.39 is 47.9 Å². The minimum Gasteiger partial charge on any atom is -0.508 e. The summed E-state index contributed by atoms with van der Waals surface area (Å²) in [5, 5.41) is 28.3. The van der Waals surface area contributed by atoms with Gasteiger partial charge in [-0.2, -0.15) is 0 Å². The molecule has 12 nitrogen and oxygen atoms in total. The van der Waals surface area contributed by atoms with Crippen LogP contribution in [0.4, 0.5) is 0 Å². The van der Waals surface area contributed by atoms with Gasteiger partial charge in [-0.3, -0.25) is 14.4 Å². The maximum absolute atomic E-state index is 13.9. The number of aromatic amines is 1. The highest BCUT2D eigenvalue weighted by Crippen LogP contribution is 2.20. The Balaban J connectivity index is 1.55. The highest BCUT2D eigenvalue weighted by Gasteiger charge is 2.31. The number of phenols is 1. The Labute approximate surface area is 266 Å². The van der Waals surface area contributed by atoms with Crippen molar-refractivity contribution in [3.05, 3.63) is 102 Å². The Morgan fingerprint density at radius 3 is 2.07 bits per heavy atom. The van der Waals surface area contributed by atoms with Gasteiger partial charge in [0.2, 0.25) is 17.7 Å². The van der Waals surface area contributed by atoms with Gasteiger partial charge in [-0.1, -0.05) is 60.7 Å². The zero-order valence-corrected chi connectivity index (χ0v) is 25.3. The molecule has 1 aromatic heterocycles. The number of aromatic hydroxyl groups is 1. The standard InChI is InChI=1S/C34H40N6O6/c35-17-7-6-12-27(31(42)40-29(34(45)46)18-21-13-15-24(41)16-14-21)38-32(43)28(19-23-20-37-26-11-5-4-10-25(23)26)39-33(44)30(36)22-8-2-1-3-9-22/h1-5,8-11,13-16,20,27-30,37,41H,6-7,12,17-19,35-36H2,(H,38,43)(H,39,44)(H,40,42)(H,45,46)/t27-,28+,29-,30-/m0/s1. The Morgan fingerprint density at radius 2 is 1.37 bits per heavy atom. The Kier molecular flexibility index (Phi) is 11.9. The van der Waals surface area contributed by atoms with Crippen LogP contribution in [-0.2, 0) is 32.0 Å². The van der Waals surface area contributed by atoms with Crippen LogP contribution in [0.15, 0.2) is 85.1 Å². The lowest BCUT2D eigenvalue weighted by Crippen LogP contribution is -2.57. The lowest BCUT2D eigenvalue weighted by Gasteiger charge is -2.25. The third kappa shape index (κ3) is 9.16. The number of carboxylic acid groups (broad SMARTS) is 1. The molecule has 0 aliphatic rings. The molecule has 0 saturated carbocycles. The van der Waals surface area contributed by atoms with E-state index in [1.807, 2.05) is 24.3 Å². The quantitative estimate of drug-likeness (QED) is 0.0858. The van der Waals surface area contributed by atoms with Crippen molar-refractivity contribution in [2.75, 3.05) is 6.54 Å². The number of nitrogens with one attached hydrogen (secondary N) is 4. The highest BCUT2D eigenvalue weighted by atomic mass is 16.4. The molecule has 4 rings (SSSR count). The van der Waals surface area contributed by atoms with Gasteiger partial charge in [-0.25, -0.2) is 4.79 Å². The number of carbonyl (C=O) groups is 4. The first-order valence-electron chi connectivity index (χ1n) is 15.1. The molecule has 242 valence electrons. The number of phenolic OH excluding ortho intramolecular Hbond substituents is 1. The number of H-pyrrole nitrogens is 1. The highest BCUT2D eigenvalue weighted by molar-refractivity contribution is 5.95. The van der Waals surface area contributed by atoms with Gasteiger partial charge in [0.25, 0.3) is 0 Å². The average molecular weight is 629 g/mol. The first-order valence-corrected chi connectivity index (χ1v) is 15.1. The lowest BCUT2D eigenvalue weighted by atomic mass is 10.0. The fraction of sp³-hybridized carbons (Fsp3) is 0.294. The summed E-state index contributed by atoms with van der Waals surface area (Å²) in [5.74, 6) is -3.11.